The summed E-state index contributed by atoms with van der Waals surface area (Å²) in [6.07, 6.45) is 1.80. The van der Waals surface area contributed by atoms with E-state index >= 15 is 0 Å². The first kappa shape index (κ1) is 15.3. The molecule has 1 heterocycles. The summed E-state index contributed by atoms with van der Waals surface area (Å²) in [6, 6.07) is 13.9. The van der Waals surface area contributed by atoms with Crippen LogP contribution in [-0.4, -0.2) is 44.1 Å². The molecule has 2 aromatic carbocycles. The van der Waals surface area contributed by atoms with Crippen molar-refractivity contribution in [1.29, 1.82) is 0 Å². The fourth-order valence-corrected chi connectivity index (χ4v) is 2.51. The maximum Gasteiger partial charge on any atom is 0.628 e. The number of carbonyl (C=O) groups is 2. The summed E-state index contributed by atoms with van der Waals surface area (Å²) in [4.78, 5) is 24.9. The standard InChI is InChI=1S/C17H16BNO4/c1-19-11-16(20)22-18(23-17(21)12-19)10-9-14-7-4-6-13-5-2-3-8-15(13)14/h2-10H,11-12H2,1H3/b10-9+. The molecule has 0 spiro atoms. The van der Waals surface area contributed by atoms with Gasteiger partial charge < -0.3 is 9.31 Å². The molecule has 1 saturated heterocycles. The second-order valence-corrected chi connectivity index (χ2v) is 5.45. The predicted octanol–water partition coefficient (Wildman–Crippen LogP) is 1.91. The molecular weight excluding hydrogens is 293 g/mol. The number of nitrogens with zero attached hydrogens (tertiary/aromatic N) is 1. The first-order chi connectivity index (χ1) is 11.1. The molecule has 0 unspecified atom stereocenters. The summed E-state index contributed by atoms with van der Waals surface area (Å²) in [6.45, 7) is 0.126. The van der Waals surface area contributed by atoms with Crippen molar-refractivity contribution in [3.8, 4) is 0 Å². The second-order valence-electron chi connectivity index (χ2n) is 5.45. The van der Waals surface area contributed by atoms with E-state index in [1.54, 1.807) is 24.0 Å². The molecule has 2 aromatic rings. The molecule has 0 atom stereocenters. The van der Waals surface area contributed by atoms with Gasteiger partial charge in [0.15, 0.2) is 0 Å². The highest BCUT2D eigenvalue weighted by molar-refractivity contribution is 6.55. The van der Waals surface area contributed by atoms with Gasteiger partial charge in [-0.3, -0.25) is 14.5 Å². The molecule has 116 valence electrons. The Kier molecular flexibility index (Phi) is 4.44. The van der Waals surface area contributed by atoms with Crippen molar-refractivity contribution in [3.05, 3.63) is 54.0 Å². The zero-order valence-corrected chi connectivity index (χ0v) is 12.8. The number of benzene rings is 2. The normalized spacial score (nSPS) is 17.0. The van der Waals surface area contributed by atoms with Crippen LogP contribution < -0.4 is 0 Å². The molecule has 0 N–H and O–H groups in total. The second kappa shape index (κ2) is 6.66. The molecule has 6 heteroatoms. The Labute approximate surface area is 134 Å². The summed E-state index contributed by atoms with van der Waals surface area (Å²) in [5.74, 6) is 0.739. The summed E-state index contributed by atoms with van der Waals surface area (Å²) in [5.41, 5.74) is 0.967. The van der Waals surface area contributed by atoms with Crippen LogP contribution in [0.3, 0.4) is 0 Å². The highest BCUT2D eigenvalue weighted by Crippen LogP contribution is 2.19. The lowest BCUT2D eigenvalue weighted by Crippen LogP contribution is -2.41. The van der Waals surface area contributed by atoms with E-state index < -0.39 is 19.1 Å². The van der Waals surface area contributed by atoms with Crippen LogP contribution >= 0.6 is 0 Å². The molecule has 1 fully saturated rings. The van der Waals surface area contributed by atoms with Gasteiger partial charge in [0.05, 0.1) is 13.1 Å². The van der Waals surface area contributed by atoms with Crippen LogP contribution in [0.4, 0.5) is 0 Å². The third-order valence-corrected chi connectivity index (χ3v) is 3.55. The van der Waals surface area contributed by atoms with Crippen LogP contribution in [0.25, 0.3) is 16.8 Å². The summed E-state index contributed by atoms with van der Waals surface area (Å²) in [7, 11) is 0.664. The first-order valence-electron chi connectivity index (χ1n) is 7.35. The van der Waals surface area contributed by atoms with Crippen molar-refractivity contribution in [2.24, 2.45) is 0 Å². The molecule has 23 heavy (non-hydrogen) atoms. The van der Waals surface area contributed by atoms with Gasteiger partial charge in [-0.25, -0.2) is 0 Å². The summed E-state index contributed by atoms with van der Waals surface area (Å²) < 4.78 is 10.3. The third kappa shape index (κ3) is 3.79. The zero-order chi connectivity index (χ0) is 16.2. The van der Waals surface area contributed by atoms with Crippen LogP contribution in [-0.2, 0) is 18.9 Å². The van der Waals surface area contributed by atoms with E-state index in [2.05, 4.69) is 0 Å². The van der Waals surface area contributed by atoms with Gasteiger partial charge in [-0.2, -0.15) is 0 Å². The van der Waals surface area contributed by atoms with Gasteiger partial charge in [0.1, 0.15) is 0 Å². The van der Waals surface area contributed by atoms with Crippen LogP contribution in [0.1, 0.15) is 5.56 Å². The van der Waals surface area contributed by atoms with Crippen molar-refractivity contribution in [3.63, 3.8) is 0 Å². The SMILES string of the molecule is CN1CC(=O)OB(/C=C/c2cccc3ccccc23)OC(=O)C1. The number of rotatable bonds is 2. The minimum Gasteiger partial charge on any atom is -0.495 e. The van der Waals surface area contributed by atoms with Gasteiger partial charge in [-0.05, 0) is 29.4 Å². The highest BCUT2D eigenvalue weighted by Gasteiger charge is 2.29. The van der Waals surface area contributed by atoms with Crippen molar-refractivity contribution < 1.29 is 18.9 Å². The van der Waals surface area contributed by atoms with Crippen molar-refractivity contribution >= 4 is 35.9 Å². The van der Waals surface area contributed by atoms with Crippen LogP contribution in [0.2, 0.25) is 0 Å². The van der Waals surface area contributed by atoms with Crippen LogP contribution in [0, 0.1) is 0 Å². The Morgan fingerprint density at radius 2 is 1.65 bits per heavy atom. The van der Waals surface area contributed by atoms with E-state index in [1.165, 1.54) is 0 Å². The van der Waals surface area contributed by atoms with Gasteiger partial charge in [-0.15, -0.1) is 0 Å². The smallest absolute Gasteiger partial charge is 0.495 e. The van der Waals surface area contributed by atoms with Crippen LogP contribution in [0.15, 0.2) is 48.4 Å². The monoisotopic (exact) mass is 309 g/mol. The average molecular weight is 309 g/mol. The molecule has 3 rings (SSSR count). The molecule has 0 aliphatic carbocycles. The Morgan fingerprint density at radius 1 is 1.00 bits per heavy atom. The summed E-state index contributed by atoms with van der Waals surface area (Å²) in [5, 5.41) is 2.19. The zero-order valence-electron chi connectivity index (χ0n) is 12.8. The lowest BCUT2D eigenvalue weighted by Gasteiger charge is -2.21. The van der Waals surface area contributed by atoms with E-state index in [-0.39, 0.29) is 13.1 Å². The van der Waals surface area contributed by atoms with Gasteiger partial charge in [0.2, 0.25) is 0 Å². The minimum atomic E-state index is -0.998. The molecular formula is C17H16BNO4. The predicted molar refractivity (Wildman–Crippen MR) is 88.4 cm³/mol. The molecule has 1 aliphatic heterocycles. The third-order valence-electron chi connectivity index (χ3n) is 3.55. The Morgan fingerprint density at radius 3 is 2.39 bits per heavy atom. The minimum absolute atomic E-state index is 0.0632. The number of fused-ring (bicyclic) bond motifs is 1. The molecule has 0 radical (unpaired) electrons. The number of likely N-dealkylation sites (N-methyl/N-ethyl adjacent to an activating group) is 1. The quantitative estimate of drug-likeness (QED) is 0.793. The van der Waals surface area contributed by atoms with Crippen molar-refractivity contribution in [2.45, 2.75) is 0 Å². The maximum absolute atomic E-state index is 11.7. The van der Waals surface area contributed by atoms with E-state index in [1.807, 2.05) is 42.5 Å². The lowest BCUT2D eigenvalue weighted by atomic mass is 9.87. The maximum atomic E-state index is 11.7. The highest BCUT2D eigenvalue weighted by atomic mass is 16.6. The molecule has 1 aliphatic rings. The Balaban J connectivity index is 1.82. The largest absolute Gasteiger partial charge is 0.628 e. The fraction of sp³-hybridized carbons (Fsp3) is 0.176. The van der Waals surface area contributed by atoms with Crippen molar-refractivity contribution in [1.82, 2.24) is 4.90 Å². The van der Waals surface area contributed by atoms with E-state index in [4.69, 9.17) is 9.31 Å². The van der Waals surface area contributed by atoms with Gasteiger partial charge in [0, 0.05) is 0 Å². The van der Waals surface area contributed by atoms with Gasteiger partial charge >= 0.3 is 19.1 Å². The molecule has 0 saturated carbocycles. The first-order valence-corrected chi connectivity index (χ1v) is 7.35. The number of hydrogen-bond acceptors (Lipinski definition) is 5. The van der Waals surface area contributed by atoms with E-state index in [0.717, 1.165) is 16.3 Å². The van der Waals surface area contributed by atoms with Gasteiger partial charge in [0.25, 0.3) is 0 Å². The molecule has 0 aromatic heterocycles. The Hall–Kier alpha value is -2.60. The van der Waals surface area contributed by atoms with E-state index in [0.29, 0.717) is 0 Å². The van der Waals surface area contributed by atoms with Gasteiger partial charge in [-0.1, -0.05) is 48.5 Å². The summed E-state index contributed by atoms with van der Waals surface area (Å²) >= 11 is 0. The molecule has 0 bridgehead atoms. The Bertz CT molecular complexity index is 749. The van der Waals surface area contributed by atoms with Crippen molar-refractivity contribution in [2.75, 3.05) is 20.1 Å². The fourth-order valence-electron chi connectivity index (χ4n) is 2.51. The molecule has 5 nitrogen and oxygen atoms in total. The van der Waals surface area contributed by atoms with Crippen LogP contribution in [0.5, 0.6) is 0 Å². The van der Waals surface area contributed by atoms with E-state index in [9.17, 15) is 9.59 Å². The topological polar surface area (TPSA) is 55.8 Å². The molecule has 0 amide bonds. The average Bonchev–Trinajstić information content (AvgIpc) is 2.50. The lowest BCUT2D eigenvalue weighted by molar-refractivity contribution is -0.145. The number of hydrogen-bond donors (Lipinski definition) is 0. The number of carbonyl (C=O) groups excluding carboxylic acids is 2.